The zero-order valence-electron chi connectivity index (χ0n) is 8.39. The van der Waals surface area contributed by atoms with E-state index in [1.54, 1.807) is 6.20 Å². The molecule has 0 spiro atoms. The summed E-state index contributed by atoms with van der Waals surface area (Å²) in [7, 11) is 0. The van der Waals surface area contributed by atoms with E-state index >= 15 is 0 Å². The normalized spacial score (nSPS) is 10.0. The van der Waals surface area contributed by atoms with Crippen LogP contribution >= 0.6 is 0 Å². The van der Waals surface area contributed by atoms with E-state index in [9.17, 15) is 4.39 Å². The van der Waals surface area contributed by atoms with Crippen molar-refractivity contribution >= 4 is 5.69 Å². The van der Waals surface area contributed by atoms with Crippen molar-refractivity contribution in [2.45, 2.75) is 6.54 Å². The van der Waals surface area contributed by atoms with E-state index in [-0.39, 0.29) is 12.4 Å². The Morgan fingerprint density at radius 3 is 2.94 bits per heavy atom. The van der Waals surface area contributed by atoms with Gasteiger partial charge >= 0.3 is 0 Å². The van der Waals surface area contributed by atoms with Crippen molar-refractivity contribution in [1.82, 2.24) is 9.78 Å². The molecule has 0 aliphatic rings. The van der Waals surface area contributed by atoms with Crippen LogP contribution in [-0.2, 0) is 6.54 Å². The molecule has 1 aromatic carbocycles. The Morgan fingerprint density at radius 2 is 2.31 bits per heavy atom. The minimum atomic E-state index is -0.354. The molecule has 2 aromatic rings. The molecule has 0 atom stereocenters. The summed E-state index contributed by atoms with van der Waals surface area (Å²) in [5.74, 6) is -0.354. The van der Waals surface area contributed by atoms with Crippen molar-refractivity contribution in [2.24, 2.45) is 0 Å². The monoisotopic (exact) mass is 216 g/mol. The number of anilines is 1. The molecule has 0 aliphatic carbocycles. The first-order chi connectivity index (χ1) is 7.69. The van der Waals surface area contributed by atoms with E-state index in [4.69, 9.17) is 11.0 Å². The predicted molar refractivity (Wildman–Crippen MR) is 56.9 cm³/mol. The molecule has 0 saturated heterocycles. The summed E-state index contributed by atoms with van der Waals surface area (Å²) < 4.78 is 14.9. The zero-order chi connectivity index (χ0) is 11.5. The van der Waals surface area contributed by atoms with Crippen molar-refractivity contribution in [2.75, 3.05) is 5.73 Å². The topological polar surface area (TPSA) is 67.6 Å². The lowest BCUT2D eigenvalue weighted by molar-refractivity contribution is 0.585. The van der Waals surface area contributed by atoms with Crippen molar-refractivity contribution in [1.29, 1.82) is 5.26 Å². The van der Waals surface area contributed by atoms with Gasteiger partial charge in [0.1, 0.15) is 5.82 Å². The number of nitriles is 1. The summed E-state index contributed by atoms with van der Waals surface area (Å²) in [6.07, 6.45) is 3.10. The van der Waals surface area contributed by atoms with E-state index < -0.39 is 0 Å². The minimum absolute atomic E-state index is 0.262. The fraction of sp³-hybridized carbons (Fsp3) is 0.0909. The highest BCUT2D eigenvalue weighted by molar-refractivity contribution is 5.35. The first kappa shape index (κ1) is 10.2. The lowest BCUT2D eigenvalue weighted by Gasteiger charge is -2.03. The van der Waals surface area contributed by atoms with Gasteiger partial charge in [0.25, 0.3) is 0 Å². The number of hydrogen-bond donors (Lipinski definition) is 1. The number of halogens is 1. The number of rotatable bonds is 2. The first-order valence-corrected chi connectivity index (χ1v) is 4.65. The van der Waals surface area contributed by atoms with Gasteiger partial charge in [-0.2, -0.15) is 10.4 Å². The van der Waals surface area contributed by atoms with Gasteiger partial charge in [-0.1, -0.05) is 0 Å². The average Bonchev–Trinajstić information content (AvgIpc) is 2.67. The highest BCUT2D eigenvalue weighted by Gasteiger charge is 2.05. The first-order valence-electron chi connectivity index (χ1n) is 4.65. The van der Waals surface area contributed by atoms with Crippen LogP contribution in [0, 0.1) is 17.1 Å². The molecule has 0 amide bonds. The van der Waals surface area contributed by atoms with E-state index in [0.29, 0.717) is 16.8 Å². The van der Waals surface area contributed by atoms with Gasteiger partial charge in [0.15, 0.2) is 0 Å². The van der Waals surface area contributed by atoms with Crippen LogP contribution in [0.15, 0.2) is 30.6 Å². The van der Waals surface area contributed by atoms with Crippen LogP contribution in [0.4, 0.5) is 10.1 Å². The maximum atomic E-state index is 13.4. The molecule has 0 radical (unpaired) electrons. The van der Waals surface area contributed by atoms with Gasteiger partial charge < -0.3 is 5.73 Å². The second-order valence-electron chi connectivity index (χ2n) is 3.39. The Bertz CT molecular complexity index is 553. The molecule has 16 heavy (non-hydrogen) atoms. The quantitative estimate of drug-likeness (QED) is 0.827. The van der Waals surface area contributed by atoms with Gasteiger partial charge in [0.2, 0.25) is 0 Å². The third kappa shape index (κ3) is 2.01. The zero-order valence-corrected chi connectivity index (χ0v) is 8.39. The third-order valence-electron chi connectivity index (χ3n) is 2.16. The van der Waals surface area contributed by atoms with Gasteiger partial charge in [0, 0.05) is 11.8 Å². The van der Waals surface area contributed by atoms with E-state index in [1.165, 1.54) is 29.1 Å². The molecule has 0 unspecified atom stereocenters. The number of aromatic nitrogens is 2. The number of benzene rings is 1. The molecule has 0 aliphatic heterocycles. The average molecular weight is 216 g/mol. The van der Waals surface area contributed by atoms with Crippen molar-refractivity contribution in [3.8, 4) is 6.07 Å². The molecule has 0 bridgehead atoms. The number of nitrogen functional groups attached to an aromatic ring is 1. The van der Waals surface area contributed by atoms with Gasteiger partial charge in [-0.3, -0.25) is 4.68 Å². The summed E-state index contributed by atoms with van der Waals surface area (Å²) in [6, 6.07) is 6.19. The van der Waals surface area contributed by atoms with Crippen LogP contribution in [-0.4, -0.2) is 9.78 Å². The van der Waals surface area contributed by atoms with Crippen LogP contribution in [0.1, 0.15) is 11.1 Å². The molecule has 1 heterocycles. The molecule has 2 rings (SSSR count). The van der Waals surface area contributed by atoms with E-state index in [1.807, 2.05) is 6.07 Å². The number of nitrogens with zero attached hydrogens (tertiary/aromatic N) is 3. The summed E-state index contributed by atoms with van der Waals surface area (Å²) in [6.45, 7) is 0.262. The largest absolute Gasteiger partial charge is 0.396 e. The Labute approximate surface area is 91.7 Å². The van der Waals surface area contributed by atoms with Crippen LogP contribution in [0.5, 0.6) is 0 Å². The molecular weight excluding hydrogens is 207 g/mol. The highest BCUT2D eigenvalue weighted by Crippen LogP contribution is 2.12. The lowest BCUT2D eigenvalue weighted by Crippen LogP contribution is -2.02. The molecule has 4 nitrogen and oxygen atoms in total. The summed E-state index contributed by atoms with van der Waals surface area (Å²) in [5.41, 5.74) is 6.87. The Kier molecular flexibility index (Phi) is 2.56. The van der Waals surface area contributed by atoms with Crippen molar-refractivity contribution in [3.63, 3.8) is 0 Å². The van der Waals surface area contributed by atoms with Crippen LogP contribution in [0.3, 0.4) is 0 Å². The Balaban J connectivity index is 2.30. The van der Waals surface area contributed by atoms with Crippen LogP contribution < -0.4 is 5.73 Å². The van der Waals surface area contributed by atoms with E-state index in [2.05, 4.69) is 5.10 Å². The smallest absolute Gasteiger partial charge is 0.128 e. The summed E-state index contributed by atoms with van der Waals surface area (Å²) in [5, 5.41) is 12.7. The molecule has 0 saturated carbocycles. The Morgan fingerprint density at radius 1 is 1.50 bits per heavy atom. The maximum Gasteiger partial charge on any atom is 0.128 e. The third-order valence-corrected chi connectivity index (χ3v) is 2.16. The van der Waals surface area contributed by atoms with Crippen molar-refractivity contribution in [3.05, 3.63) is 47.5 Å². The molecule has 2 N–H and O–H groups in total. The second kappa shape index (κ2) is 4.03. The molecular formula is C11H9FN4. The number of hydrogen-bond acceptors (Lipinski definition) is 3. The fourth-order valence-electron chi connectivity index (χ4n) is 1.41. The lowest BCUT2D eigenvalue weighted by atomic mass is 10.1. The minimum Gasteiger partial charge on any atom is -0.396 e. The standard InChI is InChI=1S/C11H9FN4/c12-11-2-1-8(4-13)3-9(11)6-16-7-10(14)5-15-16/h1-3,5,7H,6,14H2. The fourth-order valence-corrected chi connectivity index (χ4v) is 1.41. The summed E-state index contributed by atoms with van der Waals surface area (Å²) in [4.78, 5) is 0. The van der Waals surface area contributed by atoms with Gasteiger partial charge in [-0.05, 0) is 18.2 Å². The van der Waals surface area contributed by atoms with Gasteiger partial charge in [0.05, 0.1) is 30.1 Å². The predicted octanol–water partition coefficient (Wildman–Crippen LogP) is 1.52. The van der Waals surface area contributed by atoms with Crippen molar-refractivity contribution < 1.29 is 4.39 Å². The molecule has 5 heteroatoms. The highest BCUT2D eigenvalue weighted by atomic mass is 19.1. The van der Waals surface area contributed by atoms with Crippen LogP contribution in [0.25, 0.3) is 0 Å². The van der Waals surface area contributed by atoms with Crippen LogP contribution in [0.2, 0.25) is 0 Å². The van der Waals surface area contributed by atoms with Gasteiger partial charge in [-0.25, -0.2) is 4.39 Å². The summed E-state index contributed by atoms with van der Waals surface area (Å²) >= 11 is 0. The van der Waals surface area contributed by atoms with E-state index in [0.717, 1.165) is 0 Å². The maximum absolute atomic E-state index is 13.4. The SMILES string of the molecule is N#Cc1ccc(F)c(Cn2cc(N)cn2)c1. The molecule has 0 fully saturated rings. The molecule has 1 aromatic heterocycles. The number of nitrogens with two attached hydrogens (primary N) is 1. The Hall–Kier alpha value is -2.35. The molecule has 80 valence electrons. The second-order valence-corrected chi connectivity index (χ2v) is 3.39. The van der Waals surface area contributed by atoms with Gasteiger partial charge in [-0.15, -0.1) is 0 Å².